The lowest BCUT2D eigenvalue weighted by Crippen LogP contribution is -2.08. The molecule has 0 saturated heterocycles. The van der Waals surface area contributed by atoms with E-state index >= 15 is 0 Å². The molecule has 0 saturated carbocycles. The summed E-state index contributed by atoms with van der Waals surface area (Å²) in [5.74, 6) is -0.0386. The fourth-order valence-electron chi connectivity index (χ4n) is 1.34. The highest BCUT2D eigenvalue weighted by Gasteiger charge is 2.18. The van der Waals surface area contributed by atoms with Crippen LogP contribution in [0.25, 0.3) is 0 Å². The molecular weight excluding hydrogens is 212 g/mol. The van der Waals surface area contributed by atoms with Crippen LogP contribution in [-0.4, -0.2) is 38.8 Å². The second-order valence-electron chi connectivity index (χ2n) is 3.05. The zero-order chi connectivity index (χ0) is 12.1. The number of Topliss-reactive ketones (excluding diaryl/α,β-unsaturated/α-hetero) is 1. The number of benzene rings is 1. The van der Waals surface area contributed by atoms with Gasteiger partial charge in [0.25, 0.3) is 0 Å². The predicted octanol–water partition coefficient (Wildman–Crippen LogP) is 1.24. The minimum Gasteiger partial charge on any atom is -0.504 e. The predicted molar refractivity (Wildman–Crippen MR) is 57.4 cm³/mol. The highest BCUT2D eigenvalue weighted by Crippen LogP contribution is 2.38. The summed E-state index contributed by atoms with van der Waals surface area (Å²) in [6.07, 6.45) is 0. The second kappa shape index (κ2) is 5.37. The van der Waals surface area contributed by atoms with Gasteiger partial charge in [-0.1, -0.05) is 0 Å². The molecule has 0 aliphatic carbocycles. The average molecular weight is 226 g/mol. The highest BCUT2D eigenvalue weighted by atomic mass is 16.5. The number of carbonyl (C=O) groups excluding carboxylic acids is 1. The summed E-state index contributed by atoms with van der Waals surface area (Å²) in [4.78, 5) is 11.6. The van der Waals surface area contributed by atoms with Gasteiger partial charge in [0.15, 0.2) is 17.3 Å². The summed E-state index contributed by atoms with van der Waals surface area (Å²) < 4.78 is 14.7. The van der Waals surface area contributed by atoms with E-state index in [0.29, 0.717) is 5.75 Å². The number of aromatic hydroxyl groups is 1. The van der Waals surface area contributed by atoms with Gasteiger partial charge in [-0.15, -0.1) is 0 Å². The second-order valence-corrected chi connectivity index (χ2v) is 3.05. The van der Waals surface area contributed by atoms with Crippen molar-refractivity contribution in [2.24, 2.45) is 0 Å². The molecule has 1 N–H and O–H groups in total. The largest absolute Gasteiger partial charge is 0.504 e. The van der Waals surface area contributed by atoms with Gasteiger partial charge in [0, 0.05) is 7.11 Å². The fraction of sp³-hybridized carbons (Fsp3) is 0.364. The molecule has 0 heterocycles. The van der Waals surface area contributed by atoms with E-state index in [1.165, 1.54) is 27.4 Å². The number of carbonyl (C=O) groups is 1. The molecule has 5 heteroatoms. The Balaban J connectivity index is 3.18. The monoisotopic (exact) mass is 226 g/mol. The van der Waals surface area contributed by atoms with E-state index in [1.807, 2.05) is 0 Å². The van der Waals surface area contributed by atoms with Crippen molar-refractivity contribution in [2.75, 3.05) is 27.9 Å². The van der Waals surface area contributed by atoms with Crippen molar-refractivity contribution in [3.8, 4) is 17.2 Å². The van der Waals surface area contributed by atoms with Crippen LogP contribution in [0.2, 0.25) is 0 Å². The third-order valence-corrected chi connectivity index (χ3v) is 2.10. The van der Waals surface area contributed by atoms with Gasteiger partial charge in [0.05, 0.1) is 19.8 Å². The average Bonchev–Trinajstić information content (AvgIpc) is 2.28. The summed E-state index contributed by atoms with van der Waals surface area (Å²) >= 11 is 0. The molecule has 0 aliphatic rings. The van der Waals surface area contributed by atoms with E-state index in [0.717, 1.165) is 0 Å². The number of ketones is 1. The molecule has 0 atom stereocenters. The van der Waals surface area contributed by atoms with Crippen LogP contribution in [0.4, 0.5) is 0 Å². The summed E-state index contributed by atoms with van der Waals surface area (Å²) in [5, 5.41) is 9.82. The number of hydrogen-bond acceptors (Lipinski definition) is 5. The molecule has 0 bridgehead atoms. The lowest BCUT2D eigenvalue weighted by Gasteiger charge is -2.11. The Hall–Kier alpha value is -1.75. The van der Waals surface area contributed by atoms with Crippen LogP contribution in [0.1, 0.15) is 10.4 Å². The Labute approximate surface area is 93.6 Å². The van der Waals surface area contributed by atoms with Crippen LogP contribution in [-0.2, 0) is 4.74 Å². The van der Waals surface area contributed by atoms with Crippen LogP contribution in [0.15, 0.2) is 12.1 Å². The third-order valence-electron chi connectivity index (χ3n) is 2.10. The molecule has 0 fully saturated rings. The van der Waals surface area contributed by atoms with Gasteiger partial charge >= 0.3 is 0 Å². The zero-order valence-corrected chi connectivity index (χ0v) is 9.44. The van der Waals surface area contributed by atoms with Crippen molar-refractivity contribution in [1.82, 2.24) is 0 Å². The van der Waals surface area contributed by atoms with Crippen molar-refractivity contribution in [3.05, 3.63) is 17.7 Å². The van der Waals surface area contributed by atoms with E-state index in [2.05, 4.69) is 0 Å². The van der Waals surface area contributed by atoms with Gasteiger partial charge in [-0.3, -0.25) is 4.79 Å². The molecule has 0 aliphatic heterocycles. The maximum Gasteiger partial charge on any atom is 0.203 e. The smallest absolute Gasteiger partial charge is 0.203 e. The Morgan fingerprint density at radius 1 is 1.25 bits per heavy atom. The van der Waals surface area contributed by atoms with Gasteiger partial charge in [-0.2, -0.15) is 0 Å². The van der Waals surface area contributed by atoms with E-state index in [-0.39, 0.29) is 29.5 Å². The number of phenols is 1. The van der Waals surface area contributed by atoms with E-state index in [1.54, 1.807) is 6.07 Å². The molecule has 0 aromatic heterocycles. The molecule has 0 amide bonds. The lowest BCUT2D eigenvalue weighted by atomic mass is 10.1. The molecular formula is C11H14O5. The van der Waals surface area contributed by atoms with Gasteiger partial charge in [-0.05, 0) is 12.1 Å². The first kappa shape index (κ1) is 12.3. The highest BCUT2D eigenvalue weighted by molar-refractivity contribution is 6.00. The fourth-order valence-corrected chi connectivity index (χ4v) is 1.34. The van der Waals surface area contributed by atoms with E-state index < -0.39 is 0 Å². The summed E-state index contributed by atoms with van der Waals surface area (Å²) in [7, 11) is 4.26. The Kier molecular flexibility index (Phi) is 4.13. The quantitative estimate of drug-likeness (QED) is 0.765. The van der Waals surface area contributed by atoms with Gasteiger partial charge in [0.1, 0.15) is 6.61 Å². The van der Waals surface area contributed by atoms with Crippen LogP contribution in [0.5, 0.6) is 17.2 Å². The third kappa shape index (κ3) is 2.25. The molecule has 1 aromatic rings. The van der Waals surface area contributed by atoms with Crippen LogP contribution in [0.3, 0.4) is 0 Å². The van der Waals surface area contributed by atoms with Crippen molar-refractivity contribution >= 4 is 5.78 Å². The van der Waals surface area contributed by atoms with Gasteiger partial charge in [0.2, 0.25) is 5.75 Å². The normalized spacial score (nSPS) is 9.94. The first-order valence-electron chi connectivity index (χ1n) is 4.61. The molecule has 0 spiro atoms. The number of hydrogen-bond donors (Lipinski definition) is 1. The maximum atomic E-state index is 11.6. The minimum atomic E-state index is -0.319. The number of methoxy groups -OCH3 is 3. The SMILES string of the molecule is COCC(=O)c1ccc(OC)c(OC)c1O. The molecule has 0 radical (unpaired) electrons. The van der Waals surface area contributed by atoms with Crippen LogP contribution < -0.4 is 9.47 Å². The number of rotatable bonds is 5. The molecule has 16 heavy (non-hydrogen) atoms. The minimum absolute atomic E-state index is 0.0942. The first-order chi connectivity index (χ1) is 7.65. The Morgan fingerprint density at radius 2 is 1.94 bits per heavy atom. The molecule has 1 rings (SSSR count). The van der Waals surface area contributed by atoms with E-state index in [9.17, 15) is 9.90 Å². The Morgan fingerprint density at radius 3 is 2.44 bits per heavy atom. The maximum absolute atomic E-state index is 11.6. The molecule has 5 nitrogen and oxygen atoms in total. The summed E-state index contributed by atoms with van der Waals surface area (Å²) in [5.41, 5.74) is 0.152. The van der Waals surface area contributed by atoms with Gasteiger partial charge < -0.3 is 19.3 Å². The Bertz CT molecular complexity index is 386. The zero-order valence-electron chi connectivity index (χ0n) is 9.44. The van der Waals surface area contributed by atoms with Crippen molar-refractivity contribution in [2.45, 2.75) is 0 Å². The van der Waals surface area contributed by atoms with Crippen LogP contribution >= 0.6 is 0 Å². The topological polar surface area (TPSA) is 65.0 Å². The van der Waals surface area contributed by atoms with Crippen molar-refractivity contribution in [1.29, 1.82) is 0 Å². The lowest BCUT2D eigenvalue weighted by molar-refractivity contribution is 0.0844. The number of phenolic OH excluding ortho intramolecular Hbond substituents is 1. The summed E-state index contributed by atoms with van der Waals surface area (Å²) in [6.45, 7) is -0.0942. The standard InChI is InChI=1S/C11H14O5/c1-14-6-8(12)7-4-5-9(15-2)11(16-3)10(7)13/h4-5,13H,6H2,1-3H3. The van der Waals surface area contributed by atoms with Crippen LogP contribution in [0, 0.1) is 0 Å². The van der Waals surface area contributed by atoms with E-state index in [4.69, 9.17) is 14.2 Å². The van der Waals surface area contributed by atoms with Crippen molar-refractivity contribution < 1.29 is 24.1 Å². The van der Waals surface area contributed by atoms with Crippen molar-refractivity contribution in [3.63, 3.8) is 0 Å². The molecule has 88 valence electrons. The van der Waals surface area contributed by atoms with Gasteiger partial charge in [-0.25, -0.2) is 0 Å². The molecule has 1 aromatic carbocycles. The first-order valence-corrected chi connectivity index (χ1v) is 4.61. The number of ether oxygens (including phenoxy) is 3. The molecule has 0 unspecified atom stereocenters. The summed E-state index contributed by atoms with van der Waals surface area (Å²) in [6, 6.07) is 3.03.